The molecule has 1 aromatic rings. The zero-order valence-electron chi connectivity index (χ0n) is 6.90. The van der Waals surface area contributed by atoms with Crippen LogP contribution in [0.2, 0.25) is 0 Å². The Morgan fingerprint density at radius 1 is 1.62 bits per heavy atom. The molecule has 0 aliphatic rings. The average molecular weight is 208 g/mol. The summed E-state index contributed by atoms with van der Waals surface area (Å²) >= 11 is 5.48. The van der Waals surface area contributed by atoms with Gasteiger partial charge in [0.1, 0.15) is 0 Å². The molecule has 0 amide bonds. The van der Waals surface area contributed by atoms with E-state index in [4.69, 9.17) is 11.6 Å². The summed E-state index contributed by atoms with van der Waals surface area (Å²) in [5, 5.41) is 0. The molecule has 0 aromatic carbocycles. The second-order valence-corrected chi connectivity index (χ2v) is 2.88. The highest BCUT2D eigenvalue weighted by Gasteiger charge is 2.14. The van der Waals surface area contributed by atoms with E-state index in [0.717, 1.165) is 6.20 Å². The quantitative estimate of drug-likeness (QED) is 0.742. The maximum Gasteiger partial charge on any atom is 0.269 e. The fourth-order valence-corrected chi connectivity index (χ4v) is 1.27. The van der Waals surface area contributed by atoms with Crippen molar-refractivity contribution >= 4 is 11.6 Å². The highest BCUT2D eigenvalue weighted by Crippen LogP contribution is 2.15. The van der Waals surface area contributed by atoms with Crippen molar-refractivity contribution in [3.63, 3.8) is 0 Å². The smallest absolute Gasteiger partial charge is 0.269 e. The topological polar surface area (TPSA) is 32.9 Å². The summed E-state index contributed by atoms with van der Waals surface area (Å²) in [6.45, 7) is 1.47. The Balaban J connectivity index is 3.32. The maximum atomic E-state index is 12.2. The number of aromatic nitrogens is 1. The van der Waals surface area contributed by atoms with Crippen molar-refractivity contribution in [2.24, 2.45) is 0 Å². The third-order valence-corrected chi connectivity index (χ3v) is 2.09. The number of hydrogen-bond acceptors (Lipinski definition) is 1. The number of alkyl halides is 3. The summed E-state index contributed by atoms with van der Waals surface area (Å²) in [4.78, 5) is 13.8. The van der Waals surface area contributed by atoms with E-state index in [1.54, 1.807) is 0 Å². The van der Waals surface area contributed by atoms with Gasteiger partial charge < -0.3 is 4.98 Å². The fraction of sp³-hybridized carbons (Fsp3) is 0.375. The predicted molar refractivity (Wildman–Crippen MR) is 46.3 cm³/mol. The molecule has 1 N–H and O–H groups in total. The summed E-state index contributed by atoms with van der Waals surface area (Å²) in [5.74, 6) is 0.116. The van der Waals surface area contributed by atoms with Gasteiger partial charge in [0, 0.05) is 17.5 Å². The van der Waals surface area contributed by atoms with Gasteiger partial charge in [-0.3, -0.25) is 4.79 Å². The Hall–Kier alpha value is -0.900. The molecule has 0 atom stereocenters. The van der Waals surface area contributed by atoms with Crippen LogP contribution in [0.4, 0.5) is 8.78 Å². The minimum atomic E-state index is -2.74. The molecule has 1 rings (SSSR count). The number of pyridine rings is 1. The van der Waals surface area contributed by atoms with Crippen molar-refractivity contribution in [2.45, 2.75) is 19.2 Å². The first kappa shape index (κ1) is 10.2. The molecule has 0 aliphatic heterocycles. The van der Waals surface area contributed by atoms with E-state index in [2.05, 4.69) is 4.98 Å². The lowest BCUT2D eigenvalue weighted by molar-refractivity contribution is 0.149. The van der Waals surface area contributed by atoms with Crippen LogP contribution in [0.15, 0.2) is 11.0 Å². The molecule has 1 aromatic heterocycles. The molecule has 0 saturated heterocycles. The minimum absolute atomic E-state index is 0.116. The third-order valence-electron chi connectivity index (χ3n) is 1.83. The van der Waals surface area contributed by atoms with Crippen LogP contribution in [0.1, 0.15) is 23.2 Å². The Morgan fingerprint density at radius 2 is 2.23 bits per heavy atom. The van der Waals surface area contributed by atoms with Gasteiger partial charge in [0.05, 0.1) is 11.4 Å². The van der Waals surface area contributed by atoms with Crippen LogP contribution in [0.5, 0.6) is 0 Å². The van der Waals surface area contributed by atoms with Crippen molar-refractivity contribution < 1.29 is 8.78 Å². The first-order valence-electron chi connectivity index (χ1n) is 3.63. The lowest BCUT2D eigenvalue weighted by Gasteiger charge is -2.04. The molecule has 0 fully saturated rings. The number of hydrogen-bond donors (Lipinski definition) is 1. The number of halogens is 3. The van der Waals surface area contributed by atoms with Gasteiger partial charge in [-0.2, -0.15) is 0 Å². The Kier molecular flexibility index (Phi) is 3.03. The molecule has 0 spiro atoms. The standard InChI is InChI=1S/C8H8ClF2NO/c1-4-6(2-9)12-3-5(7(4)13)8(10)11/h3,8H,2H2,1H3,(H,12,13). The van der Waals surface area contributed by atoms with Crippen LogP contribution in [0.25, 0.3) is 0 Å². The highest BCUT2D eigenvalue weighted by atomic mass is 35.5. The van der Waals surface area contributed by atoms with Crippen LogP contribution >= 0.6 is 11.6 Å². The number of rotatable bonds is 2. The van der Waals surface area contributed by atoms with E-state index in [1.165, 1.54) is 6.92 Å². The summed E-state index contributed by atoms with van der Waals surface area (Å²) in [6, 6.07) is 0. The monoisotopic (exact) mass is 207 g/mol. The minimum Gasteiger partial charge on any atom is -0.363 e. The molecule has 1 heterocycles. The molecule has 0 radical (unpaired) electrons. The largest absolute Gasteiger partial charge is 0.363 e. The van der Waals surface area contributed by atoms with Gasteiger partial charge >= 0.3 is 0 Å². The SMILES string of the molecule is Cc1c(CCl)[nH]cc(C(F)F)c1=O. The summed E-state index contributed by atoms with van der Waals surface area (Å²) < 4.78 is 24.4. The van der Waals surface area contributed by atoms with Crippen LogP contribution in [0.3, 0.4) is 0 Å². The Bertz CT molecular complexity index is 362. The first-order valence-corrected chi connectivity index (χ1v) is 4.16. The third kappa shape index (κ3) is 1.88. The normalized spacial score (nSPS) is 10.8. The van der Waals surface area contributed by atoms with E-state index in [0.29, 0.717) is 5.69 Å². The van der Waals surface area contributed by atoms with Crippen LogP contribution in [-0.2, 0) is 5.88 Å². The van der Waals surface area contributed by atoms with Crippen LogP contribution in [-0.4, -0.2) is 4.98 Å². The Labute approximate surface area is 78.5 Å². The van der Waals surface area contributed by atoms with E-state index in [9.17, 15) is 13.6 Å². The van der Waals surface area contributed by atoms with Crippen LogP contribution in [0, 0.1) is 6.92 Å². The van der Waals surface area contributed by atoms with Gasteiger partial charge in [-0.15, -0.1) is 11.6 Å². The molecule has 2 nitrogen and oxygen atoms in total. The van der Waals surface area contributed by atoms with Gasteiger partial charge in [-0.1, -0.05) is 0 Å². The zero-order chi connectivity index (χ0) is 10.0. The molecule has 0 unspecified atom stereocenters. The summed E-state index contributed by atoms with van der Waals surface area (Å²) in [6.07, 6.45) is -1.73. The van der Waals surface area contributed by atoms with E-state index < -0.39 is 17.4 Å². The second kappa shape index (κ2) is 3.87. The lowest BCUT2D eigenvalue weighted by Crippen LogP contribution is -2.15. The molecule has 72 valence electrons. The Morgan fingerprint density at radius 3 is 2.69 bits per heavy atom. The van der Waals surface area contributed by atoms with Crippen molar-refractivity contribution in [3.05, 3.63) is 33.2 Å². The molecule has 0 aliphatic carbocycles. The molecule has 0 bridgehead atoms. The molecular weight excluding hydrogens is 200 g/mol. The van der Waals surface area contributed by atoms with Gasteiger partial charge in [-0.25, -0.2) is 8.78 Å². The van der Waals surface area contributed by atoms with Crippen molar-refractivity contribution in [1.82, 2.24) is 4.98 Å². The molecule has 0 saturated carbocycles. The fourth-order valence-electron chi connectivity index (χ4n) is 0.993. The molecule has 5 heteroatoms. The maximum absolute atomic E-state index is 12.2. The first-order chi connectivity index (χ1) is 6.07. The van der Waals surface area contributed by atoms with Gasteiger partial charge in [0.2, 0.25) is 0 Å². The van der Waals surface area contributed by atoms with Crippen molar-refractivity contribution in [2.75, 3.05) is 0 Å². The van der Waals surface area contributed by atoms with Crippen molar-refractivity contribution in [3.8, 4) is 0 Å². The number of nitrogens with one attached hydrogen (secondary N) is 1. The predicted octanol–water partition coefficient (Wildman–Crippen LogP) is 2.36. The van der Waals surface area contributed by atoms with Gasteiger partial charge in [0.15, 0.2) is 5.43 Å². The molecule has 13 heavy (non-hydrogen) atoms. The number of aromatic amines is 1. The van der Waals surface area contributed by atoms with Gasteiger partial charge in [-0.05, 0) is 6.92 Å². The van der Waals surface area contributed by atoms with Gasteiger partial charge in [0.25, 0.3) is 6.43 Å². The van der Waals surface area contributed by atoms with Crippen LogP contribution < -0.4 is 5.43 Å². The summed E-state index contributed by atoms with van der Waals surface area (Å²) in [7, 11) is 0. The van der Waals surface area contributed by atoms with E-state index in [1.807, 2.05) is 0 Å². The highest BCUT2D eigenvalue weighted by molar-refractivity contribution is 6.16. The lowest BCUT2D eigenvalue weighted by atomic mass is 10.1. The second-order valence-electron chi connectivity index (χ2n) is 2.61. The van der Waals surface area contributed by atoms with E-state index in [-0.39, 0.29) is 11.4 Å². The zero-order valence-corrected chi connectivity index (χ0v) is 7.66. The van der Waals surface area contributed by atoms with E-state index >= 15 is 0 Å². The van der Waals surface area contributed by atoms with Crippen molar-refractivity contribution in [1.29, 1.82) is 0 Å². The number of H-pyrrole nitrogens is 1. The summed E-state index contributed by atoms with van der Waals surface area (Å²) in [5.41, 5.74) is -0.403. The average Bonchev–Trinajstić information content (AvgIpc) is 2.09. The molecular formula is C8H8ClF2NO.